The van der Waals surface area contributed by atoms with E-state index in [0.717, 1.165) is 26.1 Å². The predicted molar refractivity (Wildman–Crippen MR) is 181 cm³/mol. The van der Waals surface area contributed by atoms with Gasteiger partial charge in [0.1, 0.15) is 0 Å². The summed E-state index contributed by atoms with van der Waals surface area (Å²) in [4.78, 5) is 0. The summed E-state index contributed by atoms with van der Waals surface area (Å²) in [7, 11) is -4.61. The Morgan fingerprint density at radius 2 is 0.756 bits per heavy atom. The topological polar surface area (TPSA) is 18.5 Å². The van der Waals surface area contributed by atoms with Crippen LogP contribution in [0.2, 0.25) is 11.6 Å². The van der Waals surface area contributed by atoms with Gasteiger partial charge in [-0.05, 0) is 45.2 Å². The largest absolute Gasteiger partial charge is 0.408 e. The van der Waals surface area contributed by atoms with E-state index in [0.29, 0.717) is 0 Å². The summed E-state index contributed by atoms with van der Waals surface area (Å²) in [5.74, 6) is 0. The molecule has 2 nitrogen and oxygen atoms in total. The molecule has 4 aromatic carbocycles. The first-order valence-corrected chi connectivity index (χ1v) is 19.7. The van der Waals surface area contributed by atoms with Crippen LogP contribution in [0.1, 0.15) is 59.3 Å². The van der Waals surface area contributed by atoms with Gasteiger partial charge in [-0.15, -0.1) is 0 Å². The van der Waals surface area contributed by atoms with Crippen molar-refractivity contribution < 1.29 is 8.85 Å². The lowest BCUT2D eigenvalue weighted by Gasteiger charge is -2.43. The summed E-state index contributed by atoms with van der Waals surface area (Å²) in [6.07, 6.45) is 7.13. The van der Waals surface area contributed by atoms with Gasteiger partial charge in [0.15, 0.2) is 0 Å². The van der Waals surface area contributed by atoms with Gasteiger partial charge in [0.25, 0.3) is 16.6 Å². The molecule has 0 atom stereocenters. The smallest absolute Gasteiger partial charge is 0.261 e. The van der Waals surface area contributed by atoms with Crippen molar-refractivity contribution in [1.29, 1.82) is 0 Å². The van der Waals surface area contributed by atoms with E-state index in [1.165, 1.54) is 46.4 Å². The van der Waals surface area contributed by atoms with Crippen LogP contribution < -0.4 is 20.7 Å². The fourth-order valence-corrected chi connectivity index (χ4v) is 13.5. The van der Waals surface area contributed by atoms with Gasteiger partial charge in [0.2, 0.25) is 0 Å². The first-order valence-electron chi connectivity index (χ1n) is 15.4. The molecule has 0 fully saturated rings. The van der Waals surface area contributed by atoms with Crippen molar-refractivity contribution >= 4 is 37.4 Å². The molecule has 0 saturated heterocycles. The average Bonchev–Trinajstić information content (AvgIpc) is 3.01. The zero-order valence-corrected chi connectivity index (χ0v) is 27.5. The molecule has 216 valence electrons. The minimum absolute atomic E-state index is 0.0347. The first-order chi connectivity index (χ1) is 19.9. The van der Waals surface area contributed by atoms with Crippen molar-refractivity contribution in [3.05, 3.63) is 121 Å². The van der Waals surface area contributed by atoms with Crippen LogP contribution in [0.15, 0.2) is 121 Å². The van der Waals surface area contributed by atoms with Crippen LogP contribution in [0.4, 0.5) is 0 Å². The molecule has 41 heavy (non-hydrogen) atoms. The van der Waals surface area contributed by atoms with Gasteiger partial charge in [-0.1, -0.05) is 168 Å². The second kappa shape index (κ2) is 14.9. The van der Waals surface area contributed by atoms with Gasteiger partial charge < -0.3 is 8.85 Å². The van der Waals surface area contributed by atoms with Gasteiger partial charge in [-0.3, -0.25) is 0 Å². The third kappa shape index (κ3) is 7.75. The molecule has 0 amide bonds. The van der Waals surface area contributed by atoms with E-state index in [1.807, 2.05) is 0 Å². The summed E-state index contributed by atoms with van der Waals surface area (Å²) in [6.45, 7) is 11.0. The lowest BCUT2D eigenvalue weighted by molar-refractivity contribution is 0.284. The molecule has 4 aromatic rings. The lowest BCUT2D eigenvalue weighted by Crippen LogP contribution is -2.66. The second-order valence-electron chi connectivity index (χ2n) is 12.2. The van der Waals surface area contributed by atoms with Gasteiger partial charge in [0, 0.05) is 13.2 Å². The van der Waals surface area contributed by atoms with Crippen LogP contribution in [-0.2, 0) is 8.85 Å². The average molecular weight is 581 g/mol. The summed E-state index contributed by atoms with van der Waals surface area (Å²) in [5.41, 5.74) is 0. The maximum atomic E-state index is 7.06. The molecule has 0 unspecified atom stereocenters. The molecular weight excluding hydrogens is 533 g/mol. The molecule has 0 N–H and O–H groups in total. The van der Waals surface area contributed by atoms with E-state index < -0.39 is 16.6 Å². The van der Waals surface area contributed by atoms with Crippen LogP contribution in [0.5, 0.6) is 0 Å². The van der Waals surface area contributed by atoms with E-state index >= 15 is 0 Å². The highest BCUT2D eigenvalue weighted by Crippen LogP contribution is 2.36. The van der Waals surface area contributed by atoms with Crippen LogP contribution in [0.25, 0.3) is 0 Å². The molecule has 0 saturated carbocycles. The van der Waals surface area contributed by atoms with Gasteiger partial charge in [-0.2, -0.15) is 0 Å². The number of unbranched alkanes of at least 4 members (excludes halogenated alkanes) is 5. The fourth-order valence-electron chi connectivity index (χ4n) is 6.02. The Morgan fingerprint density at radius 1 is 0.439 bits per heavy atom. The Morgan fingerprint density at radius 3 is 1.12 bits per heavy atom. The molecule has 0 aliphatic carbocycles. The van der Waals surface area contributed by atoms with Gasteiger partial charge in [0.05, 0.1) is 0 Å². The SMILES string of the molecule is CC(C)(C)[Si](OCCCCCCCCO[Si](C)(c1ccccc1)c1ccccc1)(c1ccccc1)c1ccccc1. The van der Waals surface area contributed by atoms with Crippen molar-refractivity contribution in [3.8, 4) is 0 Å². The highest BCUT2D eigenvalue weighted by atomic mass is 28.4. The van der Waals surface area contributed by atoms with E-state index in [9.17, 15) is 0 Å². The van der Waals surface area contributed by atoms with Crippen LogP contribution >= 0.6 is 0 Å². The number of rotatable bonds is 15. The maximum absolute atomic E-state index is 7.06. The van der Waals surface area contributed by atoms with Crippen LogP contribution in [0.3, 0.4) is 0 Å². The quantitative estimate of drug-likeness (QED) is 0.108. The van der Waals surface area contributed by atoms with E-state index in [4.69, 9.17) is 8.85 Å². The molecular formula is C37H48O2Si2. The zero-order chi connectivity index (χ0) is 29.0. The number of benzene rings is 4. The zero-order valence-electron chi connectivity index (χ0n) is 25.5. The van der Waals surface area contributed by atoms with Crippen molar-refractivity contribution in [3.63, 3.8) is 0 Å². The van der Waals surface area contributed by atoms with Gasteiger partial charge >= 0.3 is 0 Å². The Hall–Kier alpha value is -2.77. The summed E-state index contributed by atoms with van der Waals surface area (Å²) >= 11 is 0. The molecule has 4 rings (SSSR count). The first kappa shape index (κ1) is 31.2. The van der Waals surface area contributed by atoms with Crippen LogP contribution in [0, 0.1) is 0 Å². The Balaban J connectivity index is 1.25. The van der Waals surface area contributed by atoms with E-state index in [2.05, 4.69) is 149 Å². The normalized spacial score (nSPS) is 12.4. The molecule has 0 aliphatic rings. The molecule has 0 spiro atoms. The fraction of sp³-hybridized carbons (Fsp3) is 0.351. The molecule has 0 aliphatic heterocycles. The van der Waals surface area contributed by atoms with E-state index in [1.54, 1.807) is 0 Å². The third-order valence-corrected chi connectivity index (χ3v) is 17.0. The van der Waals surface area contributed by atoms with Crippen molar-refractivity contribution in [2.24, 2.45) is 0 Å². The molecule has 0 aromatic heterocycles. The monoisotopic (exact) mass is 580 g/mol. The van der Waals surface area contributed by atoms with E-state index in [-0.39, 0.29) is 5.04 Å². The predicted octanol–water partition coefficient (Wildman–Crippen LogP) is 7.31. The van der Waals surface area contributed by atoms with Crippen molar-refractivity contribution in [2.45, 2.75) is 70.9 Å². The summed E-state index contributed by atoms with van der Waals surface area (Å²) in [6, 6.07) is 43.5. The summed E-state index contributed by atoms with van der Waals surface area (Å²) < 4.78 is 13.8. The number of hydrogen-bond donors (Lipinski definition) is 0. The number of hydrogen-bond acceptors (Lipinski definition) is 2. The Bertz CT molecular complexity index is 1190. The van der Waals surface area contributed by atoms with Gasteiger partial charge in [-0.25, -0.2) is 0 Å². The van der Waals surface area contributed by atoms with Crippen LogP contribution in [-0.4, -0.2) is 29.8 Å². The minimum atomic E-state index is -2.42. The molecule has 0 radical (unpaired) electrons. The maximum Gasteiger partial charge on any atom is 0.261 e. The highest BCUT2D eigenvalue weighted by molar-refractivity contribution is 6.99. The standard InChI is InChI=1S/C37H48O2Si2/c1-37(2,3)41(35-27-17-11-18-28-35,36-29-19-12-20-30-36)39-32-22-8-6-5-7-21-31-38-40(4,33-23-13-9-14-24-33)34-25-15-10-16-26-34/h9-20,23-30H,5-8,21-22,31-32H2,1-4H3. The highest BCUT2D eigenvalue weighted by Gasteiger charge is 2.49. The molecule has 0 bridgehead atoms. The summed E-state index contributed by atoms with van der Waals surface area (Å²) in [5, 5.41) is 5.44. The Labute approximate surface area is 251 Å². The molecule has 4 heteroatoms. The lowest BCUT2D eigenvalue weighted by atomic mass is 10.1. The minimum Gasteiger partial charge on any atom is -0.408 e. The second-order valence-corrected chi connectivity index (χ2v) is 20.1. The van der Waals surface area contributed by atoms with Crippen molar-refractivity contribution in [2.75, 3.05) is 13.2 Å². The van der Waals surface area contributed by atoms with Crippen molar-refractivity contribution in [1.82, 2.24) is 0 Å². The molecule has 0 heterocycles. The Kier molecular flexibility index (Phi) is 11.3. The third-order valence-electron chi connectivity index (χ3n) is 8.31.